The van der Waals surface area contributed by atoms with Crippen LogP contribution in [0.5, 0.6) is 0 Å². The van der Waals surface area contributed by atoms with E-state index in [0.29, 0.717) is 0 Å². The van der Waals surface area contributed by atoms with Crippen LogP contribution in [0.15, 0.2) is 0 Å². The maximum absolute atomic E-state index is 11.2. The fraction of sp³-hybridized carbons (Fsp3) is 0.889. The Labute approximate surface area is 78.7 Å². The molecule has 2 unspecified atom stereocenters. The fourth-order valence-corrected chi connectivity index (χ4v) is 1.58. The third kappa shape index (κ3) is 3.22. The number of carbonyl (C=O) groups is 1. The third-order valence-corrected chi connectivity index (χ3v) is 2.22. The van der Waals surface area contributed by atoms with Crippen LogP contribution in [0.2, 0.25) is 0 Å². The van der Waals surface area contributed by atoms with Gasteiger partial charge in [0.1, 0.15) is 0 Å². The van der Waals surface area contributed by atoms with Crippen molar-refractivity contribution < 1.29 is 9.90 Å². The minimum atomic E-state index is -0.363. The Kier molecular flexibility index (Phi) is 3.54. The predicted octanol–water partition coefficient (Wildman–Crippen LogP) is 0.607. The van der Waals surface area contributed by atoms with Crippen molar-refractivity contribution in [1.82, 2.24) is 10.6 Å². The molecule has 2 amide bonds. The zero-order chi connectivity index (χ0) is 9.84. The Morgan fingerprint density at radius 1 is 1.46 bits per heavy atom. The molecule has 1 saturated carbocycles. The summed E-state index contributed by atoms with van der Waals surface area (Å²) in [4.78, 5) is 11.2. The first-order valence-corrected chi connectivity index (χ1v) is 4.84. The van der Waals surface area contributed by atoms with E-state index in [2.05, 4.69) is 10.6 Å². The van der Waals surface area contributed by atoms with Crippen LogP contribution < -0.4 is 10.6 Å². The molecule has 76 valence electrons. The summed E-state index contributed by atoms with van der Waals surface area (Å²) in [5.41, 5.74) is 0. The number of amides is 2. The Morgan fingerprint density at radius 3 is 2.62 bits per heavy atom. The quantitative estimate of drug-likeness (QED) is 0.591. The average Bonchev–Trinajstić information content (AvgIpc) is 2.34. The summed E-state index contributed by atoms with van der Waals surface area (Å²) in [7, 11) is 0. The highest BCUT2D eigenvalue weighted by molar-refractivity contribution is 5.74. The molecule has 1 aliphatic rings. The molecular weight excluding hydrogens is 168 g/mol. The average molecular weight is 186 g/mol. The first-order chi connectivity index (χ1) is 6.09. The van der Waals surface area contributed by atoms with Gasteiger partial charge in [-0.25, -0.2) is 4.79 Å². The monoisotopic (exact) mass is 186 g/mol. The number of aliphatic hydroxyl groups is 1. The Hall–Kier alpha value is -0.770. The molecule has 3 N–H and O–H groups in total. The van der Waals surface area contributed by atoms with Crippen molar-refractivity contribution in [3.05, 3.63) is 0 Å². The van der Waals surface area contributed by atoms with E-state index in [4.69, 9.17) is 0 Å². The van der Waals surface area contributed by atoms with Gasteiger partial charge in [0, 0.05) is 6.04 Å². The molecule has 4 heteroatoms. The fourth-order valence-electron chi connectivity index (χ4n) is 1.58. The van der Waals surface area contributed by atoms with Crippen molar-refractivity contribution in [2.45, 2.75) is 51.3 Å². The number of hydrogen-bond acceptors (Lipinski definition) is 2. The molecule has 4 nitrogen and oxygen atoms in total. The van der Waals surface area contributed by atoms with E-state index in [0.717, 1.165) is 19.3 Å². The van der Waals surface area contributed by atoms with Crippen molar-refractivity contribution in [3.8, 4) is 0 Å². The minimum Gasteiger partial charge on any atom is -0.391 e. The third-order valence-electron chi connectivity index (χ3n) is 2.22. The highest BCUT2D eigenvalue weighted by Gasteiger charge is 2.26. The van der Waals surface area contributed by atoms with Crippen LogP contribution in [0.1, 0.15) is 33.1 Å². The topological polar surface area (TPSA) is 61.4 Å². The van der Waals surface area contributed by atoms with E-state index < -0.39 is 0 Å². The lowest BCUT2D eigenvalue weighted by molar-refractivity contribution is 0.149. The van der Waals surface area contributed by atoms with Gasteiger partial charge in [-0.2, -0.15) is 0 Å². The van der Waals surface area contributed by atoms with Crippen LogP contribution in [0.25, 0.3) is 0 Å². The molecule has 1 aliphatic carbocycles. The van der Waals surface area contributed by atoms with Gasteiger partial charge in [-0.05, 0) is 33.1 Å². The SMILES string of the molecule is CC(C)NC(=O)NC1CCCC1O. The molecule has 0 spiro atoms. The molecule has 1 rings (SSSR count). The van der Waals surface area contributed by atoms with Gasteiger partial charge < -0.3 is 15.7 Å². The van der Waals surface area contributed by atoms with Crippen LogP contribution in [0.4, 0.5) is 4.79 Å². The highest BCUT2D eigenvalue weighted by atomic mass is 16.3. The zero-order valence-electron chi connectivity index (χ0n) is 8.21. The summed E-state index contributed by atoms with van der Waals surface area (Å²) in [6, 6.07) is -0.0988. The van der Waals surface area contributed by atoms with Gasteiger partial charge in [0.15, 0.2) is 0 Å². The molecule has 0 heterocycles. The lowest BCUT2D eigenvalue weighted by Crippen LogP contribution is -2.47. The minimum absolute atomic E-state index is 0.0567. The smallest absolute Gasteiger partial charge is 0.315 e. The van der Waals surface area contributed by atoms with E-state index >= 15 is 0 Å². The molecule has 0 bridgehead atoms. The number of urea groups is 1. The molecule has 1 fully saturated rings. The van der Waals surface area contributed by atoms with E-state index in [-0.39, 0.29) is 24.2 Å². The summed E-state index contributed by atoms with van der Waals surface area (Å²) in [5.74, 6) is 0. The van der Waals surface area contributed by atoms with Gasteiger partial charge in [0.05, 0.1) is 12.1 Å². The first kappa shape index (κ1) is 10.3. The maximum Gasteiger partial charge on any atom is 0.315 e. The lowest BCUT2D eigenvalue weighted by atomic mass is 10.2. The van der Waals surface area contributed by atoms with Crippen LogP contribution >= 0.6 is 0 Å². The highest BCUT2D eigenvalue weighted by Crippen LogP contribution is 2.18. The Bertz CT molecular complexity index is 182. The van der Waals surface area contributed by atoms with Gasteiger partial charge in [-0.15, -0.1) is 0 Å². The van der Waals surface area contributed by atoms with E-state index in [9.17, 15) is 9.90 Å². The van der Waals surface area contributed by atoms with Crippen LogP contribution in [0.3, 0.4) is 0 Å². The second kappa shape index (κ2) is 4.46. The Morgan fingerprint density at radius 2 is 2.15 bits per heavy atom. The van der Waals surface area contributed by atoms with E-state index in [1.807, 2.05) is 13.8 Å². The molecule has 0 aromatic rings. The van der Waals surface area contributed by atoms with Crippen molar-refractivity contribution in [2.75, 3.05) is 0 Å². The van der Waals surface area contributed by atoms with Crippen molar-refractivity contribution in [3.63, 3.8) is 0 Å². The molecule has 0 radical (unpaired) electrons. The van der Waals surface area contributed by atoms with Crippen LogP contribution in [0, 0.1) is 0 Å². The molecule has 0 saturated heterocycles. The van der Waals surface area contributed by atoms with Crippen LogP contribution in [-0.4, -0.2) is 29.3 Å². The second-order valence-electron chi connectivity index (χ2n) is 3.88. The number of nitrogens with one attached hydrogen (secondary N) is 2. The molecule has 0 aromatic carbocycles. The number of carbonyl (C=O) groups excluding carboxylic acids is 1. The number of rotatable bonds is 2. The molecular formula is C9H18N2O2. The molecule has 0 aromatic heterocycles. The largest absolute Gasteiger partial charge is 0.391 e. The van der Waals surface area contributed by atoms with Gasteiger partial charge in [-0.3, -0.25) is 0 Å². The van der Waals surface area contributed by atoms with Crippen molar-refractivity contribution in [1.29, 1.82) is 0 Å². The second-order valence-corrected chi connectivity index (χ2v) is 3.88. The van der Waals surface area contributed by atoms with Crippen molar-refractivity contribution >= 4 is 6.03 Å². The van der Waals surface area contributed by atoms with Gasteiger partial charge in [0.25, 0.3) is 0 Å². The standard InChI is InChI=1S/C9H18N2O2/c1-6(2)10-9(13)11-7-4-3-5-8(7)12/h6-8,12H,3-5H2,1-2H3,(H2,10,11,13). The number of hydrogen-bond donors (Lipinski definition) is 3. The van der Waals surface area contributed by atoms with Gasteiger partial charge >= 0.3 is 6.03 Å². The summed E-state index contributed by atoms with van der Waals surface area (Å²) in [6.07, 6.45) is 2.31. The number of aliphatic hydroxyl groups excluding tert-OH is 1. The van der Waals surface area contributed by atoms with Gasteiger partial charge in [0.2, 0.25) is 0 Å². The summed E-state index contributed by atoms with van der Waals surface area (Å²) in [5, 5.41) is 14.9. The summed E-state index contributed by atoms with van der Waals surface area (Å²) in [6.45, 7) is 3.81. The molecule has 2 atom stereocenters. The Balaban J connectivity index is 2.27. The lowest BCUT2D eigenvalue weighted by Gasteiger charge is -2.17. The van der Waals surface area contributed by atoms with E-state index in [1.54, 1.807) is 0 Å². The zero-order valence-corrected chi connectivity index (χ0v) is 8.21. The summed E-state index contributed by atoms with van der Waals surface area (Å²) >= 11 is 0. The molecule has 0 aliphatic heterocycles. The molecule has 13 heavy (non-hydrogen) atoms. The maximum atomic E-state index is 11.2. The summed E-state index contributed by atoms with van der Waals surface area (Å²) < 4.78 is 0. The van der Waals surface area contributed by atoms with Crippen molar-refractivity contribution in [2.24, 2.45) is 0 Å². The van der Waals surface area contributed by atoms with E-state index in [1.165, 1.54) is 0 Å². The normalized spacial score (nSPS) is 27.7. The first-order valence-electron chi connectivity index (χ1n) is 4.84. The van der Waals surface area contributed by atoms with Gasteiger partial charge in [-0.1, -0.05) is 0 Å². The predicted molar refractivity (Wildman–Crippen MR) is 50.4 cm³/mol. The van der Waals surface area contributed by atoms with Crippen LogP contribution in [-0.2, 0) is 0 Å².